The van der Waals surface area contributed by atoms with Gasteiger partial charge >= 0.3 is 11.9 Å². The molecule has 0 bridgehead atoms. The van der Waals surface area contributed by atoms with E-state index in [1.807, 2.05) is 6.92 Å². The van der Waals surface area contributed by atoms with E-state index >= 15 is 0 Å². The Balaban J connectivity index is 1.96. The minimum atomic E-state index is -1.07. The van der Waals surface area contributed by atoms with E-state index < -0.39 is 18.2 Å². The molecule has 0 aliphatic heterocycles. The standard InChI is InChI=1S/C17H22O5/c1-2-15(21-14-9-4-3-5-10-14)22-17(20)13-8-6-7-12(11-13)16(18)19/h6-8,11,14-15H,2-5,9-10H2,1H3,(H,18,19). The van der Waals surface area contributed by atoms with Crippen molar-refractivity contribution in [2.75, 3.05) is 0 Å². The third-order valence-electron chi connectivity index (χ3n) is 3.81. The lowest BCUT2D eigenvalue weighted by atomic mass is 9.98. The number of hydrogen-bond acceptors (Lipinski definition) is 4. The van der Waals surface area contributed by atoms with E-state index in [0.29, 0.717) is 6.42 Å². The largest absolute Gasteiger partial charge is 0.478 e. The van der Waals surface area contributed by atoms with Crippen LogP contribution in [0.5, 0.6) is 0 Å². The second-order valence-electron chi connectivity index (χ2n) is 5.53. The average Bonchev–Trinajstić information content (AvgIpc) is 2.55. The van der Waals surface area contributed by atoms with E-state index in [1.54, 1.807) is 6.07 Å². The molecule has 1 atom stereocenters. The summed E-state index contributed by atoms with van der Waals surface area (Å²) >= 11 is 0. The van der Waals surface area contributed by atoms with E-state index in [4.69, 9.17) is 14.6 Å². The molecule has 0 saturated heterocycles. The van der Waals surface area contributed by atoms with Crippen LogP contribution in [0.4, 0.5) is 0 Å². The molecule has 0 spiro atoms. The van der Waals surface area contributed by atoms with Crippen LogP contribution in [0, 0.1) is 0 Å². The SMILES string of the molecule is CCC(OC(=O)c1cccc(C(=O)O)c1)OC1CCCCC1. The van der Waals surface area contributed by atoms with Gasteiger partial charge in [-0.05, 0) is 31.0 Å². The summed E-state index contributed by atoms with van der Waals surface area (Å²) in [7, 11) is 0. The molecule has 0 radical (unpaired) electrons. The van der Waals surface area contributed by atoms with Crippen LogP contribution in [-0.4, -0.2) is 29.4 Å². The van der Waals surface area contributed by atoms with Crippen LogP contribution in [0.1, 0.15) is 66.2 Å². The molecule has 22 heavy (non-hydrogen) atoms. The Morgan fingerprint density at radius 2 is 1.91 bits per heavy atom. The molecule has 1 aromatic rings. The number of hydrogen-bond donors (Lipinski definition) is 1. The van der Waals surface area contributed by atoms with Crippen molar-refractivity contribution < 1.29 is 24.2 Å². The Morgan fingerprint density at radius 1 is 1.23 bits per heavy atom. The maximum atomic E-state index is 12.1. The van der Waals surface area contributed by atoms with Gasteiger partial charge < -0.3 is 14.6 Å². The fraction of sp³-hybridized carbons (Fsp3) is 0.529. The first-order valence-electron chi connectivity index (χ1n) is 7.80. The molecule has 1 aliphatic rings. The third kappa shape index (κ3) is 4.56. The minimum absolute atomic E-state index is 0.0655. The van der Waals surface area contributed by atoms with Gasteiger partial charge in [-0.1, -0.05) is 32.3 Å². The molecular formula is C17H22O5. The summed E-state index contributed by atoms with van der Waals surface area (Å²) in [4.78, 5) is 23.1. The van der Waals surface area contributed by atoms with E-state index in [2.05, 4.69) is 0 Å². The topological polar surface area (TPSA) is 72.8 Å². The number of carbonyl (C=O) groups excluding carboxylic acids is 1. The first kappa shape index (κ1) is 16.5. The summed E-state index contributed by atoms with van der Waals surface area (Å²) < 4.78 is 11.2. The molecule has 120 valence electrons. The van der Waals surface area contributed by atoms with Gasteiger partial charge in [-0.2, -0.15) is 0 Å². The van der Waals surface area contributed by atoms with Gasteiger partial charge in [0.05, 0.1) is 17.2 Å². The van der Waals surface area contributed by atoms with Gasteiger partial charge in [0.15, 0.2) is 0 Å². The predicted molar refractivity (Wildman–Crippen MR) is 80.9 cm³/mol. The van der Waals surface area contributed by atoms with Crippen LogP contribution >= 0.6 is 0 Å². The predicted octanol–water partition coefficient (Wildman–Crippen LogP) is 3.63. The minimum Gasteiger partial charge on any atom is -0.478 e. The van der Waals surface area contributed by atoms with Gasteiger partial charge in [-0.15, -0.1) is 0 Å². The summed E-state index contributed by atoms with van der Waals surface area (Å²) in [6, 6.07) is 5.83. The average molecular weight is 306 g/mol. The molecule has 2 rings (SSSR count). The summed E-state index contributed by atoms with van der Waals surface area (Å²) in [5.74, 6) is -1.62. The van der Waals surface area contributed by atoms with E-state index in [1.165, 1.54) is 24.6 Å². The smallest absolute Gasteiger partial charge is 0.340 e. The zero-order valence-electron chi connectivity index (χ0n) is 12.8. The van der Waals surface area contributed by atoms with E-state index in [-0.39, 0.29) is 17.2 Å². The molecule has 1 aliphatic carbocycles. The van der Waals surface area contributed by atoms with Crippen molar-refractivity contribution in [2.45, 2.75) is 57.8 Å². The van der Waals surface area contributed by atoms with Crippen LogP contribution < -0.4 is 0 Å². The van der Waals surface area contributed by atoms with Gasteiger partial charge in [0.1, 0.15) is 0 Å². The Hall–Kier alpha value is -1.88. The molecule has 0 heterocycles. The zero-order valence-corrected chi connectivity index (χ0v) is 12.8. The molecule has 1 fully saturated rings. The summed E-state index contributed by atoms with van der Waals surface area (Å²) in [6.45, 7) is 1.90. The van der Waals surface area contributed by atoms with Crippen LogP contribution in [0.15, 0.2) is 24.3 Å². The number of carbonyl (C=O) groups is 2. The van der Waals surface area contributed by atoms with Gasteiger partial charge in [0, 0.05) is 6.42 Å². The molecule has 0 amide bonds. The Morgan fingerprint density at radius 3 is 2.55 bits per heavy atom. The van der Waals surface area contributed by atoms with Gasteiger partial charge in [-0.3, -0.25) is 0 Å². The summed E-state index contributed by atoms with van der Waals surface area (Å²) in [6.07, 6.45) is 5.68. The van der Waals surface area contributed by atoms with Crippen LogP contribution in [-0.2, 0) is 9.47 Å². The fourth-order valence-corrected chi connectivity index (χ4v) is 2.59. The quantitative estimate of drug-likeness (QED) is 0.642. The lowest BCUT2D eigenvalue weighted by Gasteiger charge is -2.26. The number of carboxylic acids is 1. The molecule has 0 aromatic heterocycles. The monoisotopic (exact) mass is 306 g/mol. The van der Waals surface area contributed by atoms with Crippen molar-refractivity contribution in [1.29, 1.82) is 0 Å². The molecule has 5 heteroatoms. The van der Waals surface area contributed by atoms with Crippen LogP contribution in [0.25, 0.3) is 0 Å². The summed E-state index contributed by atoms with van der Waals surface area (Å²) in [5.41, 5.74) is 0.293. The summed E-state index contributed by atoms with van der Waals surface area (Å²) in [5, 5.41) is 8.96. The van der Waals surface area contributed by atoms with Crippen molar-refractivity contribution in [3.05, 3.63) is 35.4 Å². The zero-order chi connectivity index (χ0) is 15.9. The molecule has 1 saturated carbocycles. The second-order valence-corrected chi connectivity index (χ2v) is 5.53. The van der Waals surface area contributed by atoms with Crippen molar-refractivity contribution >= 4 is 11.9 Å². The molecule has 1 aromatic carbocycles. The highest BCUT2D eigenvalue weighted by atomic mass is 16.7. The maximum Gasteiger partial charge on any atom is 0.340 e. The first-order chi connectivity index (χ1) is 10.6. The Bertz CT molecular complexity index is 520. The van der Waals surface area contributed by atoms with Crippen LogP contribution in [0.3, 0.4) is 0 Å². The van der Waals surface area contributed by atoms with Crippen molar-refractivity contribution in [1.82, 2.24) is 0 Å². The number of rotatable bonds is 6. The normalized spacial score (nSPS) is 17.0. The van der Waals surface area contributed by atoms with Crippen molar-refractivity contribution in [2.24, 2.45) is 0 Å². The van der Waals surface area contributed by atoms with Crippen molar-refractivity contribution in [3.8, 4) is 0 Å². The Kier molecular flexibility index (Phi) is 5.95. The highest BCUT2D eigenvalue weighted by Gasteiger charge is 2.21. The lowest BCUT2D eigenvalue weighted by molar-refractivity contribution is -0.149. The number of ether oxygens (including phenoxy) is 2. The number of esters is 1. The van der Waals surface area contributed by atoms with Gasteiger partial charge in [0.2, 0.25) is 6.29 Å². The first-order valence-corrected chi connectivity index (χ1v) is 7.80. The molecule has 1 N–H and O–H groups in total. The molecular weight excluding hydrogens is 284 g/mol. The second kappa shape index (κ2) is 7.94. The van der Waals surface area contributed by atoms with E-state index in [9.17, 15) is 9.59 Å². The van der Waals surface area contributed by atoms with Gasteiger partial charge in [0.25, 0.3) is 0 Å². The highest BCUT2D eigenvalue weighted by molar-refractivity contribution is 5.94. The van der Waals surface area contributed by atoms with E-state index in [0.717, 1.165) is 25.7 Å². The lowest BCUT2D eigenvalue weighted by Crippen LogP contribution is -2.28. The third-order valence-corrected chi connectivity index (χ3v) is 3.81. The number of carboxylic acid groups (broad SMARTS) is 1. The molecule has 1 unspecified atom stereocenters. The fourth-order valence-electron chi connectivity index (χ4n) is 2.59. The van der Waals surface area contributed by atoms with Crippen LogP contribution in [0.2, 0.25) is 0 Å². The molecule has 5 nitrogen and oxygen atoms in total. The van der Waals surface area contributed by atoms with Gasteiger partial charge in [-0.25, -0.2) is 9.59 Å². The van der Waals surface area contributed by atoms with Crippen molar-refractivity contribution in [3.63, 3.8) is 0 Å². The Labute approximate surface area is 130 Å². The number of benzene rings is 1. The number of aromatic carboxylic acids is 1. The maximum absolute atomic E-state index is 12.1. The highest BCUT2D eigenvalue weighted by Crippen LogP contribution is 2.23.